The molecule has 5 nitrogen and oxygen atoms in total. The summed E-state index contributed by atoms with van der Waals surface area (Å²) >= 11 is 0. The summed E-state index contributed by atoms with van der Waals surface area (Å²) < 4.78 is 10.6. The number of carbonyl (C=O) groups excluding carboxylic acids is 1. The summed E-state index contributed by atoms with van der Waals surface area (Å²) in [5.41, 5.74) is 0.688. The number of hydrogen-bond donors (Lipinski definition) is 2. The maximum atomic E-state index is 11.9. The number of rotatable bonds is 5. The molecular formula is C14H20N2O3. The van der Waals surface area contributed by atoms with Crippen molar-refractivity contribution in [1.29, 1.82) is 0 Å². The second-order valence-electron chi connectivity index (χ2n) is 4.60. The number of nitrogens with one attached hydrogen (secondary N) is 2. The maximum absolute atomic E-state index is 11.9. The second-order valence-corrected chi connectivity index (χ2v) is 4.60. The zero-order valence-corrected chi connectivity index (χ0v) is 11.3. The van der Waals surface area contributed by atoms with Gasteiger partial charge >= 0.3 is 0 Å². The van der Waals surface area contributed by atoms with E-state index >= 15 is 0 Å². The van der Waals surface area contributed by atoms with Crippen molar-refractivity contribution in [2.45, 2.75) is 25.5 Å². The van der Waals surface area contributed by atoms with Crippen LogP contribution in [0.4, 0.5) is 5.69 Å². The molecule has 1 aromatic rings. The predicted molar refractivity (Wildman–Crippen MR) is 73.4 cm³/mol. The molecule has 1 aliphatic heterocycles. The Morgan fingerprint density at radius 2 is 2.26 bits per heavy atom. The van der Waals surface area contributed by atoms with Gasteiger partial charge in [-0.05, 0) is 25.5 Å². The molecule has 2 N–H and O–H groups in total. The van der Waals surface area contributed by atoms with E-state index in [-0.39, 0.29) is 24.6 Å². The lowest BCUT2D eigenvalue weighted by Gasteiger charge is -2.16. The molecule has 1 aromatic carbocycles. The van der Waals surface area contributed by atoms with Crippen LogP contribution < -0.4 is 15.4 Å². The number of hydrogen-bond acceptors (Lipinski definition) is 4. The summed E-state index contributed by atoms with van der Waals surface area (Å²) in [7, 11) is 1.58. The average molecular weight is 264 g/mol. The molecule has 1 aliphatic rings. The Labute approximate surface area is 113 Å². The Morgan fingerprint density at radius 1 is 1.47 bits per heavy atom. The van der Waals surface area contributed by atoms with Gasteiger partial charge in [-0.25, -0.2) is 0 Å². The van der Waals surface area contributed by atoms with Crippen LogP contribution in [-0.4, -0.2) is 38.3 Å². The molecule has 1 heterocycles. The van der Waals surface area contributed by atoms with Crippen LogP contribution in [0.2, 0.25) is 0 Å². The van der Waals surface area contributed by atoms with E-state index in [0.29, 0.717) is 11.4 Å². The Bertz CT molecular complexity index is 436. The lowest BCUT2D eigenvalue weighted by atomic mass is 10.1. The molecule has 1 saturated heterocycles. The van der Waals surface area contributed by atoms with Gasteiger partial charge in [-0.15, -0.1) is 0 Å². The van der Waals surface area contributed by atoms with E-state index in [4.69, 9.17) is 9.47 Å². The van der Waals surface area contributed by atoms with Crippen molar-refractivity contribution in [1.82, 2.24) is 5.32 Å². The van der Waals surface area contributed by atoms with Crippen LogP contribution in [0, 0.1) is 0 Å². The zero-order chi connectivity index (χ0) is 13.7. The van der Waals surface area contributed by atoms with Gasteiger partial charge in [0.05, 0.1) is 25.4 Å². The topological polar surface area (TPSA) is 59.6 Å². The smallest absolute Gasteiger partial charge is 0.238 e. The van der Waals surface area contributed by atoms with E-state index in [1.807, 2.05) is 31.2 Å². The molecule has 0 spiro atoms. The number of methoxy groups -OCH3 is 1. The van der Waals surface area contributed by atoms with Gasteiger partial charge < -0.3 is 20.1 Å². The van der Waals surface area contributed by atoms with Crippen molar-refractivity contribution < 1.29 is 14.3 Å². The predicted octanol–water partition coefficient (Wildman–Crippen LogP) is 1.40. The molecule has 2 rings (SSSR count). The Morgan fingerprint density at radius 3 is 2.95 bits per heavy atom. The molecule has 0 saturated carbocycles. The minimum atomic E-state index is -0.0800. The largest absolute Gasteiger partial charge is 0.495 e. The highest BCUT2D eigenvalue weighted by Gasteiger charge is 2.24. The molecule has 19 heavy (non-hydrogen) atoms. The van der Waals surface area contributed by atoms with Gasteiger partial charge in [0.15, 0.2) is 0 Å². The van der Waals surface area contributed by atoms with E-state index in [1.165, 1.54) is 0 Å². The normalized spacial score (nSPS) is 22.2. The third kappa shape index (κ3) is 3.68. The summed E-state index contributed by atoms with van der Waals surface area (Å²) in [6.07, 6.45) is 1.11. The van der Waals surface area contributed by atoms with Crippen molar-refractivity contribution in [3.63, 3.8) is 0 Å². The zero-order valence-electron chi connectivity index (χ0n) is 11.3. The summed E-state index contributed by atoms with van der Waals surface area (Å²) in [6, 6.07) is 7.61. The Kier molecular flexibility index (Phi) is 4.76. The molecule has 2 atom stereocenters. The van der Waals surface area contributed by atoms with Crippen molar-refractivity contribution in [3.05, 3.63) is 24.3 Å². The number of ether oxygens (including phenoxy) is 2. The molecule has 0 aliphatic carbocycles. The minimum absolute atomic E-state index is 0.0800. The molecule has 2 unspecified atom stereocenters. The third-order valence-corrected chi connectivity index (χ3v) is 3.28. The summed E-state index contributed by atoms with van der Waals surface area (Å²) in [5, 5.41) is 6.04. The van der Waals surface area contributed by atoms with Crippen LogP contribution in [0.25, 0.3) is 0 Å². The SMILES string of the molecule is COc1ccccc1NC(=O)CNC1CCOC1C. The molecule has 5 heteroatoms. The number of benzene rings is 1. The number of para-hydroxylation sites is 2. The van der Waals surface area contributed by atoms with Crippen LogP contribution in [-0.2, 0) is 9.53 Å². The second kappa shape index (κ2) is 6.54. The minimum Gasteiger partial charge on any atom is -0.495 e. The summed E-state index contributed by atoms with van der Waals surface area (Å²) in [5.74, 6) is 0.581. The fraction of sp³-hybridized carbons (Fsp3) is 0.500. The van der Waals surface area contributed by atoms with Crippen molar-refractivity contribution in [2.75, 3.05) is 25.6 Å². The van der Waals surface area contributed by atoms with Crippen molar-refractivity contribution in [2.24, 2.45) is 0 Å². The van der Waals surface area contributed by atoms with Gasteiger partial charge in [0.25, 0.3) is 0 Å². The molecule has 0 bridgehead atoms. The van der Waals surface area contributed by atoms with Crippen LogP contribution in [0.1, 0.15) is 13.3 Å². The quantitative estimate of drug-likeness (QED) is 0.844. The maximum Gasteiger partial charge on any atom is 0.238 e. The molecule has 1 amide bonds. The lowest BCUT2D eigenvalue weighted by molar-refractivity contribution is -0.115. The molecule has 0 radical (unpaired) electrons. The monoisotopic (exact) mass is 264 g/mol. The van der Waals surface area contributed by atoms with Gasteiger partial charge in [0.1, 0.15) is 5.75 Å². The molecular weight excluding hydrogens is 244 g/mol. The van der Waals surface area contributed by atoms with E-state index in [9.17, 15) is 4.79 Å². The first kappa shape index (κ1) is 13.8. The summed E-state index contributed by atoms with van der Waals surface area (Å²) in [6.45, 7) is 3.05. The van der Waals surface area contributed by atoms with Crippen molar-refractivity contribution in [3.8, 4) is 5.75 Å². The van der Waals surface area contributed by atoms with Gasteiger partial charge in [-0.1, -0.05) is 12.1 Å². The highest BCUT2D eigenvalue weighted by atomic mass is 16.5. The molecule has 1 fully saturated rings. The third-order valence-electron chi connectivity index (χ3n) is 3.28. The van der Waals surface area contributed by atoms with E-state index in [0.717, 1.165) is 13.0 Å². The fourth-order valence-electron chi connectivity index (χ4n) is 2.17. The van der Waals surface area contributed by atoms with Gasteiger partial charge in [0, 0.05) is 12.6 Å². The average Bonchev–Trinajstić information content (AvgIpc) is 2.82. The van der Waals surface area contributed by atoms with Crippen LogP contribution in [0.15, 0.2) is 24.3 Å². The Balaban J connectivity index is 1.84. The van der Waals surface area contributed by atoms with E-state index in [2.05, 4.69) is 10.6 Å². The van der Waals surface area contributed by atoms with Gasteiger partial charge in [-0.3, -0.25) is 4.79 Å². The van der Waals surface area contributed by atoms with E-state index < -0.39 is 0 Å². The first-order valence-corrected chi connectivity index (χ1v) is 6.48. The number of anilines is 1. The standard InChI is InChI=1S/C14H20N2O3/c1-10-11(7-8-19-10)15-9-14(17)16-12-5-3-4-6-13(12)18-2/h3-6,10-11,15H,7-9H2,1-2H3,(H,16,17). The van der Waals surface area contributed by atoms with E-state index in [1.54, 1.807) is 7.11 Å². The molecule has 104 valence electrons. The summed E-state index contributed by atoms with van der Waals surface area (Å²) in [4.78, 5) is 11.9. The highest BCUT2D eigenvalue weighted by molar-refractivity contribution is 5.93. The molecule has 0 aromatic heterocycles. The Hall–Kier alpha value is -1.59. The first-order chi connectivity index (χ1) is 9.20. The number of carbonyl (C=O) groups is 1. The van der Waals surface area contributed by atoms with Gasteiger partial charge in [-0.2, -0.15) is 0 Å². The van der Waals surface area contributed by atoms with Gasteiger partial charge in [0.2, 0.25) is 5.91 Å². The highest BCUT2D eigenvalue weighted by Crippen LogP contribution is 2.22. The van der Waals surface area contributed by atoms with Crippen molar-refractivity contribution >= 4 is 11.6 Å². The number of amides is 1. The van der Waals surface area contributed by atoms with Crippen LogP contribution in [0.3, 0.4) is 0 Å². The van der Waals surface area contributed by atoms with Crippen LogP contribution in [0.5, 0.6) is 5.75 Å². The fourth-order valence-corrected chi connectivity index (χ4v) is 2.17. The lowest BCUT2D eigenvalue weighted by Crippen LogP contribution is -2.39. The van der Waals surface area contributed by atoms with Crippen LogP contribution >= 0.6 is 0 Å². The first-order valence-electron chi connectivity index (χ1n) is 6.48.